The van der Waals surface area contributed by atoms with Crippen LogP contribution in [0, 0.1) is 20.8 Å². The van der Waals surface area contributed by atoms with Gasteiger partial charge in [-0.1, -0.05) is 45.4 Å². The Kier molecular flexibility index (Phi) is 7.33. The average Bonchev–Trinajstić information content (AvgIpc) is 2.69. The maximum atomic E-state index is 13.0. The maximum absolute atomic E-state index is 13.0. The first-order valence-electron chi connectivity index (χ1n) is 9.49. The van der Waals surface area contributed by atoms with E-state index in [9.17, 15) is 9.59 Å². The van der Waals surface area contributed by atoms with E-state index >= 15 is 0 Å². The van der Waals surface area contributed by atoms with Crippen molar-refractivity contribution in [2.45, 2.75) is 32.5 Å². The topological polar surface area (TPSA) is 73.2 Å². The van der Waals surface area contributed by atoms with Gasteiger partial charge in [0.25, 0.3) is 5.56 Å². The second-order valence-electron chi connectivity index (χ2n) is 7.12. The van der Waals surface area contributed by atoms with Crippen molar-refractivity contribution < 1.29 is 9.53 Å². The normalized spacial score (nSPS) is 11.1. The molecule has 0 aliphatic rings. The number of amides is 1. The zero-order chi connectivity index (χ0) is 21.8. The number of carbonyl (C=O) groups is 1. The molecule has 30 heavy (non-hydrogen) atoms. The number of anilines is 1. The van der Waals surface area contributed by atoms with Crippen molar-refractivity contribution in [1.82, 2.24) is 9.55 Å². The lowest BCUT2D eigenvalue weighted by molar-refractivity contribution is -0.113. The number of hydrogen-bond acceptors (Lipinski definition) is 5. The largest absolute Gasteiger partial charge is 0.383 e. The van der Waals surface area contributed by atoms with Crippen molar-refractivity contribution >= 4 is 50.2 Å². The molecule has 6 nitrogen and oxygen atoms in total. The number of aromatic nitrogens is 2. The second kappa shape index (κ2) is 9.76. The van der Waals surface area contributed by atoms with Crippen LogP contribution < -0.4 is 10.9 Å². The Morgan fingerprint density at radius 1 is 1.20 bits per heavy atom. The molecule has 0 fully saturated rings. The van der Waals surface area contributed by atoms with Crippen LogP contribution in [-0.4, -0.2) is 34.9 Å². The Bertz CT molecular complexity index is 1140. The van der Waals surface area contributed by atoms with Crippen molar-refractivity contribution in [2.75, 3.05) is 24.8 Å². The van der Waals surface area contributed by atoms with E-state index in [1.165, 1.54) is 11.8 Å². The van der Waals surface area contributed by atoms with Gasteiger partial charge >= 0.3 is 0 Å². The lowest BCUT2D eigenvalue weighted by Crippen LogP contribution is -2.26. The molecule has 1 aromatic heterocycles. The maximum Gasteiger partial charge on any atom is 0.262 e. The highest BCUT2D eigenvalue weighted by atomic mass is 79.9. The zero-order valence-corrected chi connectivity index (χ0v) is 19.8. The van der Waals surface area contributed by atoms with Gasteiger partial charge in [-0.15, -0.1) is 0 Å². The number of nitrogens with one attached hydrogen (secondary N) is 1. The molecule has 0 saturated carbocycles. The van der Waals surface area contributed by atoms with Gasteiger partial charge in [-0.05, 0) is 50.1 Å². The first-order chi connectivity index (χ1) is 14.3. The fourth-order valence-electron chi connectivity index (χ4n) is 3.35. The number of benzene rings is 2. The van der Waals surface area contributed by atoms with E-state index in [1.54, 1.807) is 23.8 Å². The van der Waals surface area contributed by atoms with E-state index in [2.05, 4.69) is 26.2 Å². The van der Waals surface area contributed by atoms with Crippen LogP contribution >= 0.6 is 27.7 Å². The summed E-state index contributed by atoms with van der Waals surface area (Å²) in [5, 5.41) is 4.02. The lowest BCUT2D eigenvalue weighted by Gasteiger charge is -2.14. The summed E-state index contributed by atoms with van der Waals surface area (Å²) in [5.74, 6) is 0.00676. The first-order valence-corrected chi connectivity index (χ1v) is 11.3. The molecule has 0 radical (unpaired) electrons. The zero-order valence-electron chi connectivity index (χ0n) is 17.4. The minimum absolute atomic E-state index is 0.140. The number of halogens is 1. The van der Waals surface area contributed by atoms with Crippen molar-refractivity contribution in [1.29, 1.82) is 0 Å². The molecule has 0 unspecified atom stereocenters. The van der Waals surface area contributed by atoms with Crippen LogP contribution in [0.4, 0.5) is 5.69 Å². The van der Waals surface area contributed by atoms with Crippen LogP contribution in [0.3, 0.4) is 0 Å². The second-order valence-corrected chi connectivity index (χ2v) is 8.97. The fraction of sp³-hybridized carbons (Fsp3) is 0.318. The van der Waals surface area contributed by atoms with E-state index in [0.29, 0.717) is 29.2 Å². The third kappa shape index (κ3) is 5.11. The van der Waals surface area contributed by atoms with Gasteiger partial charge < -0.3 is 10.1 Å². The van der Waals surface area contributed by atoms with Crippen molar-refractivity contribution in [3.8, 4) is 0 Å². The highest BCUT2D eigenvalue weighted by molar-refractivity contribution is 9.10. The fourth-order valence-corrected chi connectivity index (χ4v) is 4.53. The molecule has 2 aromatic carbocycles. The Morgan fingerprint density at radius 2 is 1.90 bits per heavy atom. The first kappa shape index (κ1) is 22.5. The van der Waals surface area contributed by atoms with Crippen LogP contribution in [0.15, 0.2) is 44.8 Å². The molecule has 0 aliphatic carbocycles. The van der Waals surface area contributed by atoms with E-state index in [-0.39, 0.29) is 17.2 Å². The molecule has 1 heterocycles. The molecule has 0 spiro atoms. The monoisotopic (exact) mass is 489 g/mol. The minimum Gasteiger partial charge on any atom is -0.383 e. The van der Waals surface area contributed by atoms with E-state index in [0.717, 1.165) is 26.9 Å². The lowest BCUT2D eigenvalue weighted by atomic mass is 10.1. The summed E-state index contributed by atoms with van der Waals surface area (Å²) in [7, 11) is 1.59. The molecule has 158 valence electrons. The molecule has 0 atom stereocenters. The average molecular weight is 490 g/mol. The number of nitrogens with zero attached hydrogens (tertiary/aromatic N) is 2. The quantitative estimate of drug-likeness (QED) is 0.391. The molecule has 0 saturated heterocycles. The van der Waals surface area contributed by atoms with Crippen LogP contribution in [0.5, 0.6) is 0 Å². The number of fused-ring (bicyclic) bond motifs is 1. The Morgan fingerprint density at radius 3 is 2.57 bits per heavy atom. The third-order valence-corrected chi connectivity index (χ3v) is 6.14. The third-order valence-electron chi connectivity index (χ3n) is 4.67. The summed E-state index contributed by atoms with van der Waals surface area (Å²) < 4.78 is 7.53. The molecule has 0 bridgehead atoms. The Hall–Kier alpha value is -2.16. The SMILES string of the molecule is COCCn1c(SCC(=O)Nc2c(C)cc(C)cc2C)nc2ccc(Br)cc2c1=O. The van der Waals surface area contributed by atoms with Crippen molar-refractivity contribution in [3.05, 3.63) is 61.8 Å². The Labute approximate surface area is 188 Å². The molecule has 1 amide bonds. The van der Waals surface area contributed by atoms with E-state index in [1.807, 2.05) is 39.0 Å². The number of ether oxygens (including phenoxy) is 1. The predicted octanol–water partition coefficient (Wildman–Crippen LogP) is 4.46. The number of carbonyl (C=O) groups excluding carboxylic acids is 1. The van der Waals surface area contributed by atoms with Gasteiger partial charge in [0.1, 0.15) is 0 Å². The highest BCUT2D eigenvalue weighted by Crippen LogP contribution is 2.24. The molecule has 3 aromatic rings. The van der Waals surface area contributed by atoms with Gasteiger partial charge in [0.05, 0.1) is 29.8 Å². The van der Waals surface area contributed by atoms with E-state index in [4.69, 9.17) is 4.74 Å². The predicted molar refractivity (Wildman–Crippen MR) is 126 cm³/mol. The number of thioether (sulfide) groups is 1. The van der Waals surface area contributed by atoms with Crippen molar-refractivity contribution in [3.63, 3.8) is 0 Å². The minimum atomic E-state index is -0.147. The smallest absolute Gasteiger partial charge is 0.262 e. The van der Waals surface area contributed by atoms with Gasteiger partial charge in [0.15, 0.2) is 5.16 Å². The number of hydrogen-bond donors (Lipinski definition) is 1. The summed E-state index contributed by atoms with van der Waals surface area (Å²) in [5.41, 5.74) is 4.50. The number of rotatable bonds is 7. The van der Waals surface area contributed by atoms with Gasteiger partial charge in [0, 0.05) is 17.3 Å². The summed E-state index contributed by atoms with van der Waals surface area (Å²) in [6.45, 7) is 6.74. The Balaban J connectivity index is 1.85. The van der Waals surface area contributed by atoms with Crippen LogP contribution in [-0.2, 0) is 16.1 Å². The van der Waals surface area contributed by atoms with Crippen LogP contribution in [0.1, 0.15) is 16.7 Å². The summed E-state index contributed by atoms with van der Waals surface area (Å²) in [4.78, 5) is 30.2. The van der Waals surface area contributed by atoms with Crippen LogP contribution in [0.25, 0.3) is 10.9 Å². The van der Waals surface area contributed by atoms with Gasteiger partial charge in [-0.3, -0.25) is 14.2 Å². The van der Waals surface area contributed by atoms with E-state index < -0.39 is 0 Å². The van der Waals surface area contributed by atoms with Gasteiger partial charge in [0.2, 0.25) is 5.91 Å². The summed E-state index contributed by atoms with van der Waals surface area (Å²) in [6, 6.07) is 9.49. The summed E-state index contributed by atoms with van der Waals surface area (Å²) >= 11 is 4.65. The van der Waals surface area contributed by atoms with Gasteiger partial charge in [-0.2, -0.15) is 0 Å². The number of aryl methyl sites for hydroxylation is 3. The molecule has 1 N–H and O–H groups in total. The molecular weight excluding hydrogens is 466 g/mol. The molecule has 8 heteroatoms. The molecule has 3 rings (SSSR count). The summed E-state index contributed by atoms with van der Waals surface area (Å²) in [6.07, 6.45) is 0. The number of methoxy groups -OCH3 is 1. The standard InChI is InChI=1S/C22H24BrN3O3S/c1-13-9-14(2)20(15(3)10-13)25-19(27)12-30-22-24-18-6-5-16(23)11-17(18)21(28)26(22)7-8-29-4/h5-6,9-11H,7-8,12H2,1-4H3,(H,25,27). The highest BCUT2D eigenvalue weighted by Gasteiger charge is 2.15. The molecule has 0 aliphatic heterocycles. The van der Waals surface area contributed by atoms with Crippen LogP contribution in [0.2, 0.25) is 0 Å². The van der Waals surface area contributed by atoms with Crippen molar-refractivity contribution in [2.24, 2.45) is 0 Å². The molecular formula is C22H24BrN3O3S. The van der Waals surface area contributed by atoms with Gasteiger partial charge in [-0.25, -0.2) is 4.98 Å².